The van der Waals surface area contributed by atoms with Gasteiger partial charge in [-0.15, -0.1) is 0 Å². The van der Waals surface area contributed by atoms with Gasteiger partial charge < -0.3 is 11.1 Å². The molecule has 0 saturated heterocycles. The zero-order valence-corrected chi connectivity index (χ0v) is 10.2. The molecule has 1 aromatic carbocycles. The van der Waals surface area contributed by atoms with Gasteiger partial charge in [-0.05, 0) is 36.8 Å². The molecule has 3 N–H and O–H groups in total. The van der Waals surface area contributed by atoms with E-state index in [1.54, 1.807) is 18.3 Å². The maximum atomic E-state index is 12.0. The van der Waals surface area contributed by atoms with Gasteiger partial charge in [0.25, 0.3) is 5.91 Å². The summed E-state index contributed by atoms with van der Waals surface area (Å²) >= 11 is 0. The third-order valence-corrected chi connectivity index (χ3v) is 2.58. The highest BCUT2D eigenvalue weighted by Gasteiger charge is 2.06. The first-order chi connectivity index (χ1) is 8.69. The number of pyridine rings is 1. The predicted molar refractivity (Wildman–Crippen MR) is 71.3 cm³/mol. The smallest absolute Gasteiger partial charge is 0.255 e. The molecule has 92 valence electrons. The summed E-state index contributed by atoms with van der Waals surface area (Å²) < 4.78 is 0. The molecule has 18 heavy (non-hydrogen) atoms. The van der Waals surface area contributed by atoms with Crippen molar-refractivity contribution >= 4 is 11.6 Å². The van der Waals surface area contributed by atoms with E-state index in [2.05, 4.69) is 10.3 Å². The average Bonchev–Trinajstić information content (AvgIpc) is 2.39. The standard InChI is InChI=1S/C14H15N3O/c1-10-7-12(5-6-16-10)14(18)17-13-4-2-3-11(8-13)9-15/h2-8H,9,15H2,1H3,(H,17,18). The van der Waals surface area contributed by atoms with Crippen molar-refractivity contribution in [3.63, 3.8) is 0 Å². The Morgan fingerprint density at radius 2 is 2.17 bits per heavy atom. The number of nitrogens with zero attached hydrogens (tertiary/aromatic N) is 1. The van der Waals surface area contributed by atoms with Gasteiger partial charge in [0.15, 0.2) is 0 Å². The van der Waals surface area contributed by atoms with Crippen LogP contribution >= 0.6 is 0 Å². The molecule has 0 atom stereocenters. The fourth-order valence-electron chi connectivity index (χ4n) is 1.67. The number of rotatable bonds is 3. The minimum absolute atomic E-state index is 0.144. The van der Waals surface area contributed by atoms with E-state index in [4.69, 9.17) is 5.73 Å². The van der Waals surface area contributed by atoms with Gasteiger partial charge >= 0.3 is 0 Å². The Hall–Kier alpha value is -2.20. The lowest BCUT2D eigenvalue weighted by molar-refractivity contribution is 0.102. The number of aryl methyl sites for hydroxylation is 1. The van der Waals surface area contributed by atoms with Crippen LogP contribution in [0.25, 0.3) is 0 Å². The number of hydrogen-bond acceptors (Lipinski definition) is 3. The second kappa shape index (κ2) is 5.42. The van der Waals surface area contributed by atoms with Gasteiger partial charge in [-0.25, -0.2) is 0 Å². The van der Waals surface area contributed by atoms with E-state index in [1.807, 2.05) is 31.2 Å². The van der Waals surface area contributed by atoms with E-state index >= 15 is 0 Å². The van der Waals surface area contributed by atoms with E-state index in [0.29, 0.717) is 12.1 Å². The van der Waals surface area contributed by atoms with Crippen LogP contribution in [0.4, 0.5) is 5.69 Å². The average molecular weight is 241 g/mol. The molecule has 0 radical (unpaired) electrons. The molecule has 0 aliphatic heterocycles. The number of nitrogens with two attached hydrogens (primary N) is 1. The third kappa shape index (κ3) is 2.93. The van der Waals surface area contributed by atoms with Crippen molar-refractivity contribution in [3.8, 4) is 0 Å². The quantitative estimate of drug-likeness (QED) is 0.864. The Morgan fingerprint density at radius 3 is 2.89 bits per heavy atom. The third-order valence-electron chi connectivity index (χ3n) is 2.58. The second-order valence-corrected chi connectivity index (χ2v) is 4.04. The fraction of sp³-hybridized carbons (Fsp3) is 0.143. The number of hydrogen-bond donors (Lipinski definition) is 2. The van der Waals surface area contributed by atoms with Crippen LogP contribution < -0.4 is 11.1 Å². The molecule has 1 heterocycles. The van der Waals surface area contributed by atoms with E-state index < -0.39 is 0 Å². The van der Waals surface area contributed by atoms with Crippen LogP contribution in [-0.4, -0.2) is 10.9 Å². The van der Waals surface area contributed by atoms with Crippen molar-refractivity contribution in [3.05, 3.63) is 59.4 Å². The number of aromatic nitrogens is 1. The topological polar surface area (TPSA) is 68.0 Å². The number of carbonyl (C=O) groups is 1. The van der Waals surface area contributed by atoms with Crippen LogP contribution in [0.15, 0.2) is 42.6 Å². The molecule has 2 rings (SSSR count). The first-order valence-electron chi connectivity index (χ1n) is 5.72. The van der Waals surface area contributed by atoms with Gasteiger partial charge in [0, 0.05) is 29.7 Å². The molecule has 0 spiro atoms. The molecule has 0 saturated carbocycles. The molecule has 0 aliphatic rings. The van der Waals surface area contributed by atoms with Gasteiger partial charge in [0.1, 0.15) is 0 Å². The highest BCUT2D eigenvalue weighted by Crippen LogP contribution is 2.12. The molecule has 2 aromatic rings. The summed E-state index contributed by atoms with van der Waals surface area (Å²) in [5.41, 5.74) is 8.71. The summed E-state index contributed by atoms with van der Waals surface area (Å²) in [5, 5.41) is 2.84. The lowest BCUT2D eigenvalue weighted by atomic mass is 10.2. The van der Waals surface area contributed by atoms with Crippen molar-refractivity contribution in [1.82, 2.24) is 4.98 Å². The summed E-state index contributed by atoms with van der Waals surface area (Å²) in [6, 6.07) is 10.9. The van der Waals surface area contributed by atoms with Gasteiger partial charge in [0.05, 0.1) is 0 Å². The Kier molecular flexibility index (Phi) is 3.69. The molecule has 0 aliphatic carbocycles. The molecule has 4 heteroatoms. The number of carbonyl (C=O) groups excluding carboxylic acids is 1. The van der Waals surface area contributed by atoms with Gasteiger partial charge in [-0.3, -0.25) is 9.78 Å². The van der Waals surface area contributed by atoms with Crippen LogP contribution in [0.3, 0.4) is 0 Å². The highest BCUT2D eigenvalue weighted by atomic mass is 16.1. The summed E-state index contributed by atoms with van der Waals surface area (Å²) in [5.74, 6) is -0.144. The second-order valence-electron chi connectivity index (χ2n) is 4.04. The monoisotopic (exact) mass is 241 g/mol. The highest BCUT2D eigenvalue weighted by molar-refractivity contribution is 6.04. The van der Waals surface area contributed by atoms with Gasteiger partial charge in [-0.1, -0.05) is 12.1 Å². The van der Waals surface area contributed by atoms with E-state index in [9.17, 15) is 4.79 Å². The van der Waals surface area contributed by atoms with Crippen LogP contribution in [0, 0.1) is 6.92 Å². The predicted octanol–water partition coefficient (Wildman–Crippen LogP) is 2.10. The molecule has 0 bridgehead atoms. The van der Waals surface area contributed by atoms with E-state index in [-0.39, 0.29) is 5.91 Å². The first kappa shape index (κ1) is 12.3. The van der Waals surface area contributed by atoms with Crippen LogP contribution in [0.2, 0.25) is 0 Å². The molecule has 1 aromatic heterocycles. The minimum atomic E-state index is -0.144. The van der Waals surface area contributed by atoms with Crippen LogP contribution in [-0.2, 0) is 6.54 Å². The summed E-state index contributed by atoms with van der Waals surface area (Å²) in [6.07, 6.45) is 1.63. The summed E-state index contributed by atoms with van der Waals surface area (Å²) in [4.78, 5) is 16.1. The SMILES string of the molecule is Cc1cc(C(=O)Nc2cccc(CN)c2)ccn1. The number of amides is 1. The largest absolute Gasteiger partial charge is 0.326 e. The van der Waals surface area contributed by atoms with Gasteiger partial charge in [-0.2, -0.15) is 0 Å². The Balaban J connectivity index is 2.16. The molecule has 1 amide bonds. The first-order valence-corrected chi connectivity index (χ1v) is 5.72. The van der Waals surface area contributed by atoms with Crippen molar-refractivity contribution in [1.29, 1.82) is 0 Å². The van der Waals surface area contributed by atoms with Crippen LogP contribution in [0.1, 0.15) is 21.6 Å². The molecular weight excluding hydrogens is 226 g/mol. The number of nitrogens with one attached hydrogen (secondary N) is 1. The van der Waals surface area contributed by atoms with Crippen molar-refractivity contribution in [2.45, 2.75) is 13.5 Å². The molecule has 0 fully saturated rings. The van der Waals surface area contributed by atoms with E-state index in [0.717, 1.165) is 16.9 Å². The van der Waals surface area contributed by atoms with Crippen molar-refractivity contribution < 1.29 is 4.79 Å². The Labute approximate surface area is 106 Å². The lowest BCUT2D eigenvalue weighted by Crippen LogP contribution is -2.12. The zero-order chi connectivity index (χ0) is 13.0. The molecular formula is C14H15N3O. The number of anilines is 1. The maximum Gasteiger partial charge on any atom is 0.255 e. The van der Waals surface area contributed by atoms with Crippen LogP contribution in [0.5, 0.6) is 0 Å². The Bertz CT molecular complexity index is 566. The van der Waals surface area contributed by atoms with E-state index in [1.165, 1.54) is 0 Å². The zero-order valence-electron chi connectivity index (χ0n) is 10.2. The van der Waals surface area contributed by atoms with Gasteiger partial charge in [0.2, 0.25) is 0 Å². The molecule has 4 nitrogen and oxygen atoms in total. The molecule has 0 unspecified atom stereocenters. The maximum absolute atomic E-state index is 12.0. The lowest BCUT2D eigenvalue weighted by Gasteiger charge is -2.07. The fourth-order valence-corrected chi connectivity index (χ4v) is 1.67. The Morgan fingerprint density at radius 1 is 1.33 bits per heavy atom. The summed E-state index contributed by atoms with van der Waals surface area (Å²) in [7, 11) is 0. The summed E-state index contributed by atoms with van der Waals surface area (Å²) in [6.45, 7) is 2.31. The normalized spacial score (nSPS) is 10.1. The minimum Gasteiger partial charge on any atom is -0.326 e. The van der Waals surface area contributed by atoms with Crippen molar-refractivity contribution in [2.24, 2.45) is 5.73 Å². The van der Waals surface area contributed by atoms with Crippen molar-refractivity contribution in [2.75, 3.05) is 5.32 Å². The number of benzene rings is 1.